The van der Waals surface area contributed by atoms with Crippen molar-refractivity contribution in [3.05, 3.63) is 35.1 Å². The number of hydrogen-bond acceptors (Lipinski definition) is 0. The zero-order chi connectivity index (χ0) is 18.5. The first-order valence-corrected chi connectivity index (χ1v) is 10.7. The first-order valence-electron chi connectivity index (χ1n) is 10.7. The third kappa shape index (κ3) is 4.84. The van der Waals surface area contributed by atoms with Gasteiger partial charge in [0.2, 0.25) is 0 Å². The highest BCUT2D eigenvalue weighted by atomic mass is 19.2. The van der Waals surface area contributed by atoms with Gasteiger partial charge in [-0.1, -0.05) is 51.5 Å². The fourth-order valence-electron chi connectivity index (χ4n) is 5.42. The van der Waals surface area contributed by atoms with E-state index in [2.05, 4.69) is 6.92 Å². The molecule has 2 aliphatic rings. The molecule has 2 aliphatic carbocycles. The van der Waals surface area contributed by atoms with Crippen molar-refractivity contribution in [3.8, 4) is 0 Å². The molecule has 0 atom stereocenters. The lowest BCUT2D eigenvalue weighted by atomic mass is 9.68. The maximum Gasteiger partial charge on any atom is 0.194 e. The average molecular weight is 367 g/mol. The van der Waals surface area contributed by atoms with Crippen LogP contribution in [0.25, 0.3) is 0 Å². The van der Waals surface area contributed by atoms with Crippen molar-refractivity contribution in [1.82, 2.24) is 0 Å². The molecule has 3 rings (SSSR count). The van der Waals surface area contributed by atoms with E-state index in [-0.39, 0.29) is 0 Å². The first kappa shape index (κ1) is 19.8. The molecule has 0 radical (unpaired) electrons. The van der Waals surface area contributed by atoms with Crippen LogP contribution in [0.3, 0.4) is 0 Å². The van der Waals surface area contributed by atoms with Gasteiger partial charge in [0.25, 0.3) is 0 Å². The van der Waals surface area contributed by atoms with Gasteiger partial charge in [0.05, 0.1) is 0 Å². The summed E-state index contributed by atoms with van der Waals surface area (Å²) in [6.45, 7) is 2.29. The fourth-order valence-corrected chi connectivity index (χ4v) is 5.42. The van der Waals surface area contributed by atoms with E-state index in [1.807, 2.05) is 0 Å². The fraction of sp³-hybridized carbons (Fsp3) is 0.739. The zero-order valence-electron chi connectivity index (χ0n) is 16.1. The summed E-state index contributed by atoms with van der Waals surface area (Å²) in [5.41, 5.74) is 0.320. The van der Waals surface area contributed by atoms with E-state index in [0.29, 0.717) is 17.9 Å². The topological polar surface area (TPSA) is 0 Å². The Morgan fingerprint density at radius 3 is 1.81 bits per heavy atom. The molecule has 146 valence electrons. The summed E-state index contributed by atoms with van der Waals surface area (Å²) >= 11 is 0. The van der Waals surface area contributed by atoms with Crippen LogP contribution >= 0.6 is 0 Å². The van der Waals surface area contributed by atoms with E-state index < -0.39 is 17.5 Å². The Morgan fingerprint density at radius 1 is 0.731 bits per heavy atom. The Morgan fingerprint density at radius 2 is 1.27 bits per heavy atom. The molecule has 0 spiro atoms. The summed E-state index contributed by atoms with van der Waals surface area (Å²) < 4.78 is 40.2. The quantitative estimate of drug-likeness (QED) is 0.459. The minimum atomic E-state index is -1.33. The van der Waals surface area contributed by atoms with E-state index in [4.69, 9.17) is 0 Å². The van der Waals surface area contributed by atoms with Gasteiger partial charge in [0.15, 0.2) is 17.5 Å². The van der Waals surface area contributed by atoms with E-state index in [1.54, 1.807) is 0 Å². The van der Waals surface area contributed by atoms with Crippen molar-refractivity contribution in [3.63, 3.8) is 0 Å². The molecule has 0 N–H and O–H groups in total. The molecule has 0 aliphatic heterocycles. The summed E-state index contributed by atoms with van der Waals surface area (Å²) in [6.07, 6.45) is 14.8. The van der Waals surface area contributed by atoms with E-state index in [0.717, 1.165) is 30.2 Å². The van der Waals surface area contributed by atoms with Crippen molar-refractivity contribution in [1.29, 1.82) is 0 Å². The molecule has 0 unspecified atom stereocenters. The van der Waals surface area contributed by atoms with Gasteiger partial charge in [-0.2, -0.15) is 0 Å². The molecule has 0 amide bonds. The molecular weight excluding hydrogens is 333 g/mol. The number of aryl methyl sites for hydroxylation is 1. The Kier molecular flexibility index (Phi) is 7.05. The Labute approximate surface area is 156 Å². The molecular formula is C23H33F3. The van der Waals surface area contributed by atoms with Gasteiger partial charge < -0.3 is 0 Å². The second kappa shape index (κ2) is 9.28. The molecule has 2 saturated carbocycles. The largest absolute Gasteiger partial charge is 0.204 e. The summed E-state index contributed by atoms with van der Waals surface area (Å²) in [6, 6.07) is 2.44. The second-order valence-corrected chi connectivity index (χ2v) is 8.72. The van der Waals surface area contributed by atoms with Crippen molar-refractivity contribution < 1.29 is 13.2 Å². The van der Waals surface area contributed by atoms with Crippen LogP contribution in [0.1, 0.15) is 83.1 Å². The molecule has 26 heavy (non-hydrogen) atoms. The van der Waals surface area contributed by atoms with Crippen LogP contribution in [-0.4, -0.2) is 0 Å². The minimum Gasteiger partial charge on any atom is -0.204 e. The number of hydrogen-bond donors (Lipinski definition) is 0. The molecule has 1 aromatic carbocycles. The molecule has 0 saturated heterocycles. The molecule has 1 aromatic rings. The van der Waals surface area contributed by atoms with Gasteiger partial charge >= 0.3 is 0 Å². The first-order chi connectivity index (χ1) is 12.6. The van der Waals surface area contributed by atoms with Crippen LogP contribution in [0.4, 0.5) is 13.2 Å². The second-order valence-electron chi connectivity index (χ2n) is 8.72. The highest BCUT2D eigenvalue weighted by Gasteiger charge is 2.30. The number of rotatable bonds is 6. The van der Waals surface area contributed by atoms with Crippen LogP contribution in [0.15, 0.2) is 12.1 Å². The molecule has 0 heterocycles. The maximum atomic E-state index is 13.8. The predicted molar refractivity (Wildman–Crippen MR) is 100 cm³/mol. The van der Waals surface area contributed by atoms with Gasteiger partial charge in [-0.25, -0.2) is 13.2 Å². The van der Waals surface area contributed by atoms with Gasteiger partial charge in [-0.15, -0.1) is 0 Å². The molecule has 0 nitrogen and oxygen atoms in total. The van der Waals surface area contributed by atoms with Crippen molar-refractivity contribution in [2.75, 3.05) is 0 Å². The number of benzene rings is 1. The third-order valence-electron chi connectivity index (χ3n) is 7.08. The van der Waals surface area contributed by atoms with Crippen LogP contribution in [-0.2, 0) is 6.42 Å². The van der Waals surface area contributed by atoms with E-state index in [9.17, 15) is 13.2 Å². The van der Waals surface area contributed by atoms with Crippen LogP contribution in [0.5, 0.6) is 0 Å². The summed E-state index contributed by atoms with van der Waals surface area (Å²) in [5, 5.41) is 0. The molecule has 3 heteroatoms. The lowest BCUT2D eigenvalue weighted by Gasteiger charge is -2.38. The molecule has 2 fully saturated rings. The highest BCUT2D eigenvalue weighted by Crippen LogP contribution is 2.43. The van der Waals surface area contributed by atoms with Crippen LogP contribution < -0.4 is 0 Å². The number of halogens is 3. The van der Waals surface area contributed by atoms with Crippen LogP contribution in [0, 0.1) is 41.1 Å². The van der Waals surface area contributed by atoms with Gasteiger partial charge in [-0.3, -0.25) is 0 Å². The highest BCUT2D eigenvalue weighted by molar-refractivity contribution is 5.20. The van der Waals surface area contributed by atoms with E-state index >= 15 is 0 Å². The monoisotopic (exact) mass is 366 g/mol. The summed E-state index contributed by atoms with van der Waals surface area (Å²) in [4.78, 5) is 0. The van der Waals surface area contributed by atoms with Gasteiger partial charge in [-0.05, 0) is 73.8 Å². The van der Waals surface area contributed by atoms with Crippen molar-refractivity contribution in [2.45, 2.75) is 84.0 Å². The smallest absolute Gasteiger partial charge is 0.194 e. The summed E-state index contributed by atoms with van der Waals surface area (Å²) in [7, 11) is 0. The zero-order valence-corrected chi connectivity index (χ0v) is 16.1. The maximum absolute atomic E-state index is 13.8. The predicted octanol–water partition coefficient (Wildman–Crippen LogP) is 7.45. The van der Waals surface area contributed by atoms with Crippen LogP contribution in [0.2, 0.25) is 0 Å². The Bertz CT molecular complexity index is 567. The SMILES string of the molecule is CCC[C@H]1CC[C@H](C2CCC(CCc3ccc(F)c(F)c3F)CC2)CC1. The van der Waals surface area contributed by atoms with Crippen molar-refractivity contribution in [2.24, 2.45) is 23.7 Å². The third-order valence-corrected chi connectivity index (χ3v) is 7.08. The standard InChI is InChI=1S/C23H33F3/c1-2-3-16-4-9-18(10-5-16)19-11-6-17(7-12-19)8-13-20-14-15-21(24)23(26)22(20)25/h14-19H,2-13H2,1H3/t16-,17?,18-,19?. The molecule has 0 bridgehead atoms. The lowest BCUT2D eigenvalue weighted by Crippen LogP contribution is -2.26. The summed E-state index contributed by atoms with van der Waals surface area (Å²) in [5.74, 6) is -0.0388. The molecule has 0 aromatic heterocycles. The van der Waals surface area contributed by atoms with Gasteiger partial charge in [0.1, 0.15) is 0 Å². The normalized spacial score (nSPS) is 29.7. The Balaban J connectivity index is 1.41. The average Bonchev–Trinajstić information content (AvgIpc) is 2.67. The van der Waals surface area contributed by atoms with E-state index in [1.165, 1.54) is 70.3 Å². The van der Waals surface area contributed by atoms with Gasteiger partial charge in [0, 0.05) is 0 Å². The Hall–Kier alpha value is -0.990. The minimum absolute atomic E-state index is 0.320. The van der Waals surface area contributed by atoms with Crippen molar-refractivity contribution >= 4 is 0 Å². The lowest BCUT2D eigenvalue weighted by molar-refractivity contribution is 0.141.